The van der Waals surface area contributed by atoms with Crippen molar-refractivity contribution in [2.75, 3.05) is 7.11 Å². The van der Waals surface area contributed by atoms with Crippen molar-refractivity contribution in [1.82, 2.24) is 4.57 Å². The highest BCUT2D eigenvalue weighted by Gasteiger charge is 2.08. The largest absolute Gasteiger partial charge is 0.497 e. The SMILES string of the molecule is COc1ccc2c(c1)sc(=NC(=O)C=Cc1ccc([N+](=O)[O-])s1)n2C. The summed E-state index contributed by atoms with van der Waals surface area (Å²) in [4.78, 5) is 27.5. The van der Waals surface area contributed by atoms with Crippen LogP contribution in [0.2, 0.25) is 0 Å². The van der Waals surface area contributed by atoms with E-state index in [1.807, 2.05) is 29.8 Å². The number of hydrogen-bond donors (Lipinski definition) is 0. The molecule has 0 saturated carbocycles. The molecule has 0 aliphatic carbocycles. The van der Waals surface area contributed by atoms with Gasteiger partial charge in [-0.05, 0) is 30.3 Å². The average molecular weight is 375 g/mol. The average Bonchev–Trinajstić information content (AvgIpc) is 3.18. The number of nitrogens with zero attached hydrogens (tertiary/aromatic N) is 3. The molecule has 9 heteroatoms. The molecule has 0 bridgehead atoms. The summed E-state index contributed by atoms with van der Waals surface area (Å²) in [5.41, 5.74) is 0.954. The summed E-state index contributed by atoms with van der Waals surface area (Å²) in [6.45, 7) is 0. The van der Waals surface area contributed by atoms with Gasteiger partial charge in [-0.3, -0.25) is 14.9 Å². The molecule has 0 radical (unpaired) electrons. The number of nitro groups is 1. The number of thiophene rings is 1. The smallest absolute Gasteiger partial charge is 0.324 e. The summed E-state index contributed by atoms with van der Waals surface area (Å²) in [5.74, 6) is 0.316. The summed E-state index contributed by atoms with van der Waals surface area (Å²) >= 11 is 2.39. The lowest BCUT2D eigenvalue weighted by Crippen LogP contribution is -2.12. The first-order valence-electron chi connectivity index (χ1n) is 7.12. The number of benzene rings is 1. The zero-order valence-corrected chi connectivity index (χ0v) is 15.0. The lowest BCUT2D eigenvalue weighted by atomic mass is 10.3. The van der Waals surface area contributed by atoms with Crippen LogP contribution in [0.4, 0.5) is 5.00 Å². The molecule has 0 spiro atoms. The number of hydrogen-bond acceptors (Lipinski definition) is 6. The molecule has 1 aromatic carbocycles. The minimum Gasteiger partial charge on any atom is -0.497 e. The van der Waals surface area contributed by atoms with Crippen LogP contribution in [0.5, 0.6) is 5.75 Å². The van der Waals surface area contributed by atoms with E-state index in [9.17, 15) is 14.9 Å². The Kier molecular flexibility index (Phi) is 4.77. The zero-order chi connectivity index (χ0) is 18.0. The molecule has 0 aliphatic rings. The van der Waals surface area contributed by atoms with Gasteiger partial charge < -0.3 is 9.30 Å². The lowest BCUT2D eigenvalue weighted by Gasteiger charge is -1.99. The van der Waals surface area contributed by atoms with Crippen molar-refractivity contribution >= 4 is 49.9 Å². The van der Waals surface area contributed by atoms with E-state index in [0.717, 1.165) is 27.3 Å². The monoisotopic (exact) mass is 375 g/mol. The van der Waals surface area contributed by atoms with Crippen molar-refractivity contribution in [1.29, 1.82) is 0 Å². The Morgan fingerprint density at radius 2 is 2.12 bits per heavy atom. The first-order valence-corrected chi connectivity index (χ1v) is 8.76. The number of aromatic nitrogens is 1. The van der Waals surface area contributed by atoms with Crippen LogP contribution in [0.3, 0.4) is 0 Å². The summed E-state index contributed by atoms with van der Waals surface area (Å²) in [6, 6.07) is 8.66. The minimum atomic E-state index is -0.459. The van der Waals surface area contributed by atoms with Crippen molar-refractivity contribution in [3.05, 3.63) is 56.2 Å². The van der Waals surface area contributed by atoms with Crippen LogP contribution in [0.25, 0.3) is 16.3 Å². The van der Waals surface area contributed by atoms with Crippen LogP contribution in [-0.2, 0) is 11.8 Å². The van der Waals surface area contributed by atoms with Gasteiger partial charge in [0, 0.05) is 24.1 Å². The van der Waals surface area contributed by atoms with Gasteiger partial charge in [-0.15, -0.1) is 0 Å². The second-order valence-corrected chi connectivity index (χ2v) is 7.10. The molecular weight excluding hydrogens is 362 g/mol. The molecule has 7 nitrogen and oxygen atoms in total. The van der Waals surface area contributed by atoms with Crippen molar-refractivity contribution in [2.24, 2.45) is 12.0 Å². The number of carbonyl (C=O) groups is 1. The predicted octanol–water partition coefficient (Wildman–Crippen LogP) is 3.36. The quantitative estimate of drug-likeness (QED) is 0.397. The van der Waals surface area contributed by atoms with Crippen molar-refractivity contribution < 1.29 is 14.5 Å². The topological polar surface area (TPSA) is 86.7 Å². The maximum atomic E-state index is 12.1. The van der Waals surface area contributed by atoms with Crippen LogP contribution >= 0.6 is 22.7 Å². The number of aryl methyl sites for hydroxylation is 1. The Labute approximate surface area is 150 Å². The molecule has 2 aromatic heterocycles. The molecule has 0 unspecified atom stereocenters. The summed E-state index contributed by atoms with van der Waals surface area (Å²) in [5, 5.41) is 10.7. The van der Waals surface area contributed by atoms with Gasteiger partial charge in [-0.1, -0.05) is 22.7 Å². The maximum absolute atomic E-state index is 12.1. The molecule has 0 atom stereocenters. The van der Waals surface area contributed by atoms with Gasteiger partial charge in [0.25, 0.3) is 5.91 Å². The zero-order valence-electron chi connectivity index (χ0n) is 13.3. The fourth-order valence-electron chi connectivity index (χ4n) is 2.16. The van der Waals surface area contributed by atoms with Gasteiger partial charge in [0.15, 0.2) is 4.80 Å². The van der Waals surface area contributed by atoms with Crippen LogP contribution < -0.4 is 9.54 Å². The fraction of sp³-hybridized carbons (Fsp3) is 0.125. The molecule has 3 rings (SSSR count). The van der Waals surface area contributed by atoms with Crippen LogP contribution in [-0.4, -0.2) is 22.5 Å². The van der Waals surface area contributed by atoms with Gasteiger partial charge in [0.05, 0.1) is 22.2 Å². The molecule has 0 fully saturated rings. The third-order valence-electron chi connectivity index (χ3n) is 3.41. The predicted molar refractivity (Wildman–Crippen MR) is 97.9 cm³/mol. The molecular formula is C16H13N3O4S2. The Bertz CT molecular complexity index is 1060. The fourth-order valence-corrected chi connectivity index (χ4v) is 3.94. The van der Waals surface area contributed by atoms with Crippen molar-refractivity contribution in [3.63, 3.8) is 0 Å². The van der Waals surface area contributed by atoms with E-state index in [-0.39, 0.29) is 5.00 Å². The summed E-state index contributed by atoms with van der Waals surface area (Å²) in [6.07, 6.45) is 2.83. The van der Waals surface area contributed by atoms with E-state index in [0.29, 0.717) is 9.68 Å². The van der Waals surface area contributed by atoms with Crippen LogP contribution in [0.1, 0.15) is 4.88 Å². The number of methoxy groups -OCH3 is 1. The number of thiazole rings is 1. The highest BCUT2D eigenvalue weighted by molar-refractivity contribution is 7.16. The maximum Gasteiger partial charge on any atom is 0.324 e. The first-order chi connectivity index (χ1) is 12.0. The standard InChI is InChI=1S/C16H13N3O4S2/c1-18-12-6-3-10(23-2)9-13(12)25-16(18)17-14(20)7-4-11-5-8-15(24-11)19(21)22/h3-9H,1-2H3. The minimum absolute atomic E-state index is 0.0360. The normalized spacial score (nSPS) is 12.2. The van der Waals surface area contributed by atoms with E-state index in [1.54, 1.807) is 13.2 Å². The molecule has 25 heavy (non-hydrogen) atoms. The number of amides is 1. The summed E-state index contributed by atoms with van der Waals surface area (Å²) in [7, 11) is 3.44. The molecule has 3 aromatic rings. The van der Waals surface area contributed by atoms with E-state index in [1.165, 1.54) is 29.6 Å². The molecule has 0 N–H and O–H groups in total. The molecule has 2 heterocycles. The molecule has 0 aliphatic heterocycles. The lowest BCUT2D eigenvalue weighted by molar-refractivity contribution is -0.380. The van der Waals surface area contributed by atoms with E-state index >= 15 is 0 Å². The second kappa shape index (κ2) is 6.99. The highest BCUT2D eigenvalue weighted by atomic mass is 32.1. The summed E-state index contributed by atoms with van der Waals surface area (Å²) < 4.78 is 8.00. The highest BCUT2D eigenvalue weighted by Crippen LogP contribution is 2.25. The number of fused-ring (bicyclic) bond motifs is 1. The Balaban J connectivity index is 1.87. The molecule has 1 amide bonds. The number of carbonyl (C=O) groups excluding carboxylic acids is 1. The number of ether oxygens (including phenoxy) is 1. The van der Waals surface area contributed by atoms with E-state index in [4.69, 9.17) is 4.74 Å². The van der Waals surface area contributed by atoms with E-state index in [2.05, 4.69) is 4.99 Å². The van der Waals surface area contributed by atoms with Gasteiger partial charge in [-0.25, -0.2) is 0 Å². The molecule has 0 saturated heterocycles. The number of rotatable bonds is 4. The second-order valence-electron chi connectivity index (χ2n) is 4.99. The van der Waals surface area contributed by atoms with Crippen molar-refractivity contribution in [2.45, 2.75) is 0 Å². The van der Waals surface area contributed by atoms with Crippen LogP contribution in [0, 0.1) is 10.1 Å². The van der Waals surface area contributed by atoms with Gasteiger partial charge >= 0.3 is 5.00 Å². The van der Waals surface area contributed by atoms with Gasteiger partial charge in [0.1, 0.15) is 5.75 Å². The Hall–Kier alpha value is -2.78. The first kappa shape index (κ1) is 17.1. The van der Waals surface area contributed by atoms with E-state index < -0.39 is 10.8 Å². The van der Waals surface area contributed by atoms with Crippen LogP contribution in [0.15, 0.2) is 41.4 Å². The Morgan fingerprint density at radius 3 is 2.80 bits per heavy atom. The third-order valence-corrected chi connectivity index (χ3v) is 5.50. The van der Waals surface area contributed by atoms with Crippen molar-refractivity contribution in [3.8, 4) is 5.75 Å². The van der Waals surface area contributed by atoms with Gasteiger partial charge in [-0.2, -0.15) is 4.99 Å². The Morgan fingerprint density at radius 1 is 1.32 bits per heavy atom. The molecule has 128 valence electrons. The third kappa shape index (κ3) is 3.67. The van der Waals surface area contributed by atoms with Gasteiger partial charge in [0.2, 0.25) is 0 Å².